The summed E-state index contributed by atoms with van der Waals surface area (Å²) in [5, 5.41) is 2.29. The predicted molar refractivity (Wildman–Crippen MR) is 64.2 cm³/mol. The summed E-state index contributed by atoms with van der Waals surface area (Å²) in [6.07, 6.45) is 3.54. The van der Waals surface area contributed by atoms with E-state index in [9.17, 15) is 0 Å². The van der Waals surface area contributed by atoms with Crippen molar-refractivity contribution >= 4 is 44.5 Å². The fraction of sp³-hybridized carbons (Fsp3) is 0. The molecule has 0 N–H and O–H groups in total. The molecule has 3 heteroatoms. The van der Waals surface area contributed by atoms with Gasteiger partial charge in [0.25, 0.3) is 0 Å². The van der Waals surface area contributed by atoms with E-state index in [2.05, 4.69) is 33.6 Å². The number of aromatic nitrogens is 1. The first kappa shape index (κ1) is 8.23. The van der Waals surface area contributed by atoms with Crippen molar-refractivity contribution in [2.45, 2.75) is 0 Å². The van der Waals surface area contributed by atoms with Crippen molar-refractivity contribution in [3.8, 4) is 0 Å². The maximum Gasteiger partial charge on any atom is 0.153 e. The number of hydrogen-bond acceptors (Lipinski definition) is 2. The maximum atomic E-state index is 5.64. The monoisotopic (exact) mass is 295 g/mol. The highest BCUT2D eigenvalue weighted by Crippen LogP contribution is 2.28. The Morgan fingerprint density at radius 2 is 2.00 bits per heavy atom. The third kappa shape index (κ3) is 1.12. The topological polar surface area (TPSA) is 26.0 Å². The number of fused-ring (bicyclic) bond motifs is 3. The van der Waals surface area contributed by atoms with Gasteiger partial charge in [-0.3, -0.25) is 4.98 Å². The zero-order valence-corrected chi connectivity index (χ0v) is 9.36. The molecule has 0 bridgehead atoms. The van der Waals surface area contributed by atoms with Gasteiger partial charge in [-0.1, -0.05) is 0 Å². The molecule has 0 fully saturated rings. The lowest BCUT2D eigenvalue weighted by molar-refractivity contribution is 0.667. The van der Waals surface area contributed by atoms with E-state index >= 15 is 0 Å². The van der Waals surface area contributed by atoms with Gasteiger partial charge in [-0.05, 0) is 46.9 Å². The maximum absolute atomic E-state index is 5.64. The Hall–Kier alpha value is -1.10. The molecule has 3 rings (SSSR count). The van der Waals surface area contributed by atoms with Crippen LogP contribution in [-0.2, 0) is 0 Å². The first-order chi connectivity index (χ1) is 6.84. The van der Waals surface area contributed by atoms with Crippen LogP contribution in [0.1, 0.15) is 0 Å². The standard InChI is InChI=1S/C11H6INO/c12-7-1-2-10-9(5-7)8-3-4-13-6-11(8)14-10/h1-6H. The number of pyridine rings is 1. The van der Waals surface area contributed by atoms with Crippen LogP contribution in [0.15, 0.2) is 41.1 Å². The number of nitrogens with zero attached hydrogens (tertiary/aromatic N) is 1. The minimum absolute atomic E-state index is 0.851. The largest absolute Gasteiger partial charge is 0.454 e. The Labute approximate surface area is 94.1 Å². The minimum Gasteiger partial charge on any atom is -0.454 e. The highest BCUT2D eigenvalue weighted by Gasteiger charge is 2.05. The number of furan rings is 1. The van der Waals surface area contributed by atoms with Crippen molar-refractivity contribution in [2.24, 2.45) is 0 Å². The van der Waals surface area contributed by atoms with Crippen molar-refractivity contribution in [3.63, 3.8) is 0 Å². The van der Waals surface area contributed by atoms with Crippen LogP contribution in [0.5, 0.6) is 0 Å². The van der Waals surface area contributed by atoms with Crippen molar-refractivity contribution in [2.75, 3.05) is 0 Å². The van der Waals surface area contributed by atoms with Crippen LogP contribution >= 0.6 is 22.6 Å². The van der Waals surface area contributed by atoms with Crippen LogP contribution in [0.2, 0.25) is 0 Å². The zero-order chi connectivity index (χ0) is 9.54. The summed E-state index contributed by atoms with van der Waals surface area (Å²) in [6, 6.07) is 8.15. The molecule has 0 atom stereocenters. The molecule has 0 radical (unpaired) electrons. The highest BCUT2D eigenvalue weighted by atomic mass is 127. The average Bonchev–Trinajstić information content (AvgIpc) is 2.56. The lowest BCUT2D eigenvalue weighted by atomic mass is 10.2. The summed E-state index contributed by atoms with van der Waals surface area (Å²) in [7, 11) is 0. The lowest BCUT2D eigenvalue weighted by Crippen LogP contribution is -1.70. The second-order valence-electron chi connectivity index (χ2n) is 3.11. The first-order valence-corrected chi connectivity index (χ1v) is 5.34. The third-order valence-corrected chi connectivity index (χ3v) is 2.91. The van der Waals surface area contributed by atoms with Crippen LogP contribution in [0.4, 0.5) is 0 Å². The molecule has 0 aliphatic rings. The second-order valence-corrected chi connectivity index (χ2v) is 4.36. The summed E-state index contributed by atoms with van der Waals surface area (Å²) in [5.74, 6) is 0. The van der Waals surface area contributed by atoms with E-state index in [4.69, 9.17) is 4.42 Å². The fourth-order valence-electron chi connectivity index (χ4n) is 1.60. The third-order valence-electron chi connectivity index (χ3n) is 2.24. The second kappa shape index (κ2) is 2.95. The molecular formula is C11H6INO. The van der Waals surface area contributed by atoms with E-state index in [-0.39, 0.29) is 0 Å². The van der Waals surface area contributed by atoms with Gasteiger partial charge in [0, 0.05) is 20.5 Å². The molecule has 0 saturated heterocycles. The fourth-order valence-corrected chi connectivity index (χ4v) is 2.10. The van der Waals surface area contributed by atoms with Gasteiger partial charge in [-0.15, -0.1) is 0 Å². The van der Waals surface area contributed by atoms with E-state index in [0.717, 1.165) is 21.9 Å². The Morgan fingerprint density at radius 1 is 1.07 bits per heavy atom. The first-order valence-electron chi connectivity index (χ1n) is 4.26. The summed E-state index contributed by atoms with van der Waals surface area (Å²) >= 11 is 2.30. The van der Waals surface area contributed by atoms with E-state index in [1.807, 2.05) is 18.2 Å². The van der Waals surface area contributed by atoms with E-state index in [1.54, 1.807) is 12.4 Å². The molecular weight excluding hydrogens is 289 g/mol. The quantitative estimate of drug-likeness (QED) is 0.592. The summed E-state index contributed by atoms with van der Waals surface area (Å²) in [6.45, 7) is 0. The van der Waals surface area contributed by atoms with Gasteiger partial charge in [0.1, 0.15) is 5.58 Å². The molecule has 2 aromatic heterocycles. The van der Waals surface area contributed by atoms with Gasteiger partial charge in [-0.2, -0.15) is 0 Å². The minimum atomic E-state index is 0.851. The van der Waals surface area contributed by atoms with Crippen LogP contribution < -0.4 is 0 Å². The molecule has 2 heterocycles. The molecule has 1 aromatic carbocycles. The molecule has 0 saturated carbocycles. The Morgan fingerprint density at radius 3 is 2.93 bits per heavy atom. The molecule has 0 amide bonds. The summed E-state index contributed by atoms with van der Waals surface area (Å²) < 4.78 is 6.86. The van der Waals surface area contributed by atoms with E-state index in [1.165, 1.54) is 3.57 Å². The molecule has 14 heavy (non-hydrogen) atoms. The van der Waals surface area contributed by atoms with Gasteiger partial charge in [0.2, 0.25) is 0 Å². The summed E-state index contributed by atoms with van der Waals surface area (Å²) in [5.41, 5.74) is 1.78. The molecule has 0 aliphatic carbocycles. The van der Waals surface area contributed by atoms with Gasteiger partial charge < -0.3 is 4.42 Å². The molecule has 3 aromatic rings. The summed E-state index contributed by atoms with van der Waals surface area (Å²) in [4.78, 5) is 4.03. The van der Waals surface area contributed by atoms with E-state index < -0.39 is 0 Å². The van der Waals surface area contributed by atoms with Gasteiger partial charge in [0.05, 0.1) is 6.20 Å². The number of rotatable bonds is 0. The Bertz CT molecular complexity index is 615. The van der Waals surface area contributed by atoms with Gasteiger partial charge in [0.15, 0.2) is 5.58 Å². The Balaban J connectivity index is 2.58. The molecule has 0 unspecified atom stereocenters. The van der Waals surface area contributed by atoms with Crippen LogP contribution in [-0.4, -0.2) is 4.98 Å². The molecule has 0 aliphatic heterocycles. The molecule has 0 spiro atoms. The highest BCUT2D eigenvalue weighted by molar-refractivity contribution is 14.1. The van der Waals surface area contributed by atoms with Crippen LogP contribution in [0.3, 0.4) is 0 Å². The predicted octanol–water partition coefficient (Wildman–Crippen LogP) is 3.59. The number of benzene rings is 1. The van der Waals surface area contributed by atoms with Crippen molar-refractivity contribution in [3.05, 3.63) is 40.2 Å². The normalized spacial score (nSPS) is 11.2. The SMILES string of the molecule is Ic1ccc2oc3cnccc3c2c1. The van der Waals surface area contributed by atoms with Gasteiger partial charge >= 0.3 is 0 Å². The van der Waals surface area contributed by atoms with Crippen molar-refractivity contribution in [1.82, 2.24) is 4.98 Å². The number of halogens is 1. The van der Waals surface area contributed by atoms with Crippen molar-refractivity contribution < 1.29 is 4.42 Å². The average molecular weight is 295 g/mol. The Kier molecular flexibility index (Phi) is 1.73. The molecule has 2 nitrogen and oxygen atoms in total. The zero-order valence-electron chi connectivity index (χ0n) is 7.20. The molecule has 68 valence electrons. The van der Waals surface area contributed by atoms with Crippen LogP contribution in [0.25, 0.3) is 21.9 Å². The van der Waals surface area contributed by atoms with Gasteiger partial charge in [-0.25, -0.2) is 0 Å². The lowest BCUT2D eigenvalue weighted by Gasteiger charge is -1.89. The van der Waals surface area contributed by atoms with Crippen molar-refractivity contribution in [1.29, 1.82) is 0 Å². The number of hydrogen-bond donors (Lipinski definition) is 0. The smallest absolute Gasteiger partial charge is 0.153 e. The van der Waals surface area contributed by atoms with E-state index in [0.29, 0.717) is 0 Å². The van der Waals surface area contributed by atoms with Crippen LogP contribution in [0, 0.1) is 3.57 Å².